The Hall–Kier alpha value is -3.30. The maximum absolute atomic E-state index is 13.4. The average Bonchev–Trinajstić information content (AvgIpc) is 2.85. The lowest BCUT2D eigenvalue weighted by molar-refractivity contribution is -0.120. The summed E-state index contributed by atoms with van der Waals surface area (Å²) < 4.78 is 27.8. The molecule has 182 valence electrons. The van der Waals surface area contributed by atoms with Gasteiger partial charge in [-0.15, -0.1) is 0 Å². The van der Waals surface area contributed by atoms with Crippen LogP contribution in [-0.2, 0) is 21.2 Å². The number of unbranched alkanes of at least 4 members (excludes halogenated alkanes) is 1. The summed E-state index contributed by atoms with van der Waals surface area (Å²) in [7, 11) is 0.373. The summed E-state index contributed by atoms with van der Waals surface area (Å²) in [6.07, 6.45) is 3.45. The summed E-state index contributed by atoms with van der Waals surface area (Å²) in [4.78, 5) is 15.4. The molecule has 3 rings (SSSR count). The van der Waals surface area contributed by atoms with E-state index in [1.807, 2.05) is 31.1 Å². The molecule has 0 N–H and O–H groups in total. The Morgan fingerprint density at radius 1 is 1.00 bits per heavy atom. The van der Waals surface area contributed by atoms with Crippen LogP contribution in [0.25, 0.3) is 6.08 Å². The Morgan fingerprint density at radius 2 is 1.60 bits per heavy atom. The molecule has 35 heavy (non-hydrogen) atoms. The monoisotopic (exact) mass is 490 g/mol. The fourth-order valence-corrected chi connectivity index (χ4v) is 5.68. The Morgan fingerprint density at radius 3 is 2.17 bits per heavy atom. The number of hydrogen-bond acceptors (Lipinski definition) is 6. The van der Waals surface area contributed by atoms with Crippen LogP contribution in [0.2, 0.25) is 0 Å². The predicted molar refractivity (Wildman–Crippen MR) is 136 cm³/mol. The quantitative estimate of drug-likeness (QED) is 0.395. The van der Waals surface area contributed by atoms with Crippen molar-refractivity contribution < 1.29 is 13.2 Å². The minimum atomic E-state index is -3.54. The molecule has 2 aromatic rings. The largest absolute Gasteiger partial charge is 0.309 e. The topological polar surface area (TPSA) is 105 Å². The SMILES string of the molecule is CN(C)CCCCS(=O)(=O)N1C/C(=C\c2ccc(C#N)cc2)C(=O)C(Cc2ccc(C#N)cc2)C1. The van der Waals surface area contributed by atoms with Crippen LogP contribution in [-0.4, -0.2) is 62.9 Å². The Kier molecular flexibility index (Phi) is 8.95. The third kappa shape index (κ3) is 7.34. The van der Waals surface area contributed by atoms with Crippen molar-refractivity contribution in [3.05, 3.63) is 76.4 Å². The van der Waals surface area contributed by atoms with Gasteiger partial charge in [-0.3, -0.25) is 4.79 Å². The van der Waals surface area contributed by atoms with Gasteiger partial charge in [-0.2, -0.15) is 14.8 Å². The highest BCUT2D eigenvalue weighted by molar-refractivity contribution is 7.89. The molecular weight excluding hydrogens is 460 g/mol. The highest BCUT2D eigenvalue weighted by Gasteiger charge is 2.36. The summed E-state index contributed by atoms with van der Waals surface area (Å²) in [5, 5.41) is 18.1. The molecule has 2 aromatic carbocycles. The van der Waals surface area contributed by atoms with Gasteiger partial charge in [-0.25, -0.2) is 8.42 Å². The molecule has 0 aliphatic carbocycles. The van der Waals surface area contributed by atoms with Crippen LogP contribution in [0.3, 0.4) is 0 Å². The molecule has 0 saturated carbocycles. The van der Waals surface area contributed by atoms with Gasteiger partial charge < -0.3 is 4.90 Å². The van der Waals surface area contributed by atoms with Gasteiger partial charge in [-0.05, 0) is 81.4 Å². The molecule has 0 spiro atoms. The van der Waals surface area contributed by atoms with Gasteiger partial charge in [0.25, 0.3) is 0 Å². The molecule has 0 radical (unpaired) electrons. The number of Topliss-reactive ketones (excluding diaryl/α,β-unsaturated/α-hetero) is 1. The van der Waals surface area contributed by atoms with Crippen LogP contribution < -0.4 is 0 Å². The van der Waals surface area contributed by atoms with Gasteiger partial charge in [0.15, 0.2) is 5.78 Å². The molecule has 1 saturated heterocycles. The van der Waals surface area contributed by atoms with Gasteiger partial charge in [0.2, 0.25) is 10.0 Å². The van der Waals surface area contributed by atoms with Crippen molar-refractivity contribution in [2.24, 2.45) is 5.92 Å². The highest BCUT2D eigenvalue weighted by Crippen LogP contribution is 2.26. The highest BCUT2D eigenvalue weighted by atomic mass is 32.2. The average molecular weight is 491 g/mol. The van der Waals surface area contributed by atoms with E-state index < -0.39 is 15.9 Å². The normalized spacial score (nSPS) is 17.9. The smallest absolute Gasteiger partial charge is 0.214 e. The maximum atomic E-state index is 13.4. The lowest BCUT2D eigenvalue weighted by atomic mass is 9.87. The standard InChI is InChI=1S/C27H30N4O3S/c1-30(2)13-3-4-14-35(33,34)31-19-25(15-21-5-9-23(17-28)10-6-21)27(32)26(20-31)16-22-7-11-24(18-29)12-8-22/h5-12,15,26H,3-4,13-14,16,19-20H2,1-2H3/b25-15+. The molecule has 0 amide bonds. The molecule has 1 heterocycles. The maximum Gasteiger partial charge on any atom is 0.214 e. The zero-order valence-corrected chi connectivity index (χ0v) is 21.0. The van der Waals surface area contributed by atoms with Gasteiger partial charge in [-0.1, -0.05) is 24.3 Å². The third-order valence-corrected chi connectivity index (χ3v) is 7.92. The molecule has 8 heteroatoms. The lowest BCUT2D eigenvalue weighted by Crippen LogP contribution is -2.47. The Labute approximate surface area is 207 Å². The minimum absolute atomic E-state index is 0.0404. The number of carbonyl (C=O) groups excluding carboxylic acids is 1. The first-order valence-corrected chi connectivity index (χ1v) is 13.2. The van der Waals surface area contributed by atoms with Crippen LogP contribution in [0, 0.1) is 28.6 Å². The van der Waals surface area contributed by atoms with Crippen LogP contribution in [0.5, 0.6) is 0 Å². The molecule has 1 atom stereocenters. The molecular formula is C27H30N4O3S. The van der Waals surface area contributed by atoms with Gasteiger partial charge in [0, 0.05) is 24.6 Å². The molecule has 7 nitrogen and oxygen atoms in total. The zero-order valence-electron chi connectivity index (χ0n) is 20.1. The lowest BCUT2D eigenvalue weighted by Gasteiger charge is -2.33. The first kappa shape index (κ1) is 26.3. The number of benzene rings is 2. The molecule has 1 aliphatic rings. The summed E-state index contributed by atoms with van der Waals surface area (Å²) in [6, 6.07) is 18.0. The zero-order chi connectivity index (χ0) is 25.4. The number of rotatable bonds is 9. The van der Waals surface area contributed by atoms with Crippen LogP contribution >= 0.6 is 0 Å². The summed E-state index contributed by atoms with van der Waals surface area (Å²) in [5.74, 6) is -0.543. The number of nitrogens with zero attached hydrogens (tertiary/aromatic N) is 4. The third-order valence-electron chi connectivity index (χ3n) is 6.05. The number of ketones is 1. The van der Waals surface area contributed by atoms with Crippen molar-refractivity contribution in [2.75, 3.05) is 39.5 Å². The van der Waals surface area contributed by atoms with Gasteiger partial charge >= 0.3 is 0 Å². The summed E-state index contributed by atoms with van der Waals surface area (Å²) in [5.41, 5.74) is 3.12. The van der Waals surface area contributed by atoms with Crippen molar-refractivity contribution in [1.82, 2.24) is 9.21 Å². The molecule has 1 fully saturated rings. The summed E-state index contributed by atoms with van der Waals surface area (Å²) in [6.45, 7) is 0.997. The van der Waals surface area contributed by atoms with E-state index in [0.29, 0.717) is 29.5 Å². The number of hydrogen-bond donors (Lipinski definition) is 0. The fourth-order valence-electron chi connectivity index (χ4n) is 4.11. The number of sulfonamides is 1. The number of piperidine rings is 1. The number of carbonyl (C=O) groups is 1. The number of nitriles is 2. The first-order chi connectivity index (χ1) is 16.7. The second-order valence-electron chi connectivity index (χ2n) is 9.10. The molecule has 0 aromatic heterocycles. The Balaban J connectivity index is 1.86. The van der Waals surface area contributed by atoms with E-state index in [-0.39, 0.29) is 24.6 Å². The van der Waals surface area contributed by atoms with Crippen molar-refractivity contribution >= 4 is 21.9 Å². The second-order valence-corrected chi connectivity index (χ2v) is 11.2. The molecule has 1 unspecified atom stereocenters. The summed E-state index contributed by atoms with van der Waals surface area (Å²) >= 11 is 0. The van der Waals surface area contributed by atoms with E-state index in [1.165, 1.54) is 4.31 Å². The van der Waals surface area contributed by atoms with Crippen LogP contribution in [0.4, 0.5) is 0 Å². The van der Waals surface area contributed by atoms with Crippen molar-refractivity contribution in [3.8, 4) is 12.1 Å². The second kappa shape index (κ2) is 11.9. The molecule has 0 bridgehead atoms. The van der Waals surface area contributed by atoms with Crippen LogP contribution in [0.1, 0.15) is 35.1 Å². The van der Waals surface area contributed by atoms with E-state index in [9.17, 15) is 13.2 Å². The van der Waals surface area contributed by atoms with E-state index in [4.69, 9.17) is 10.5 Å². The van der Waals surface area contributed by atoms with Gasteiger partial charge in [0.05, 0.1) is 29.0 Å². The van der Waals surface area contributed by atoms with E-state index in [1.54, 1.807) is 42.5 Å². The van der Waals surface area contributed by atoms with Crippen molar-refractivity contribution in [2.45, 2.75) is 19.3 Å². The van der Waals surface area contributed by atoms with E-state index >= 15 is 0 Å². The Bertz CT molecular complexity index is 1250. The van der Waals surface area contributed by atoms with E-state index in [2.05, 4.69) is 12.1 Å². The van der Waals surface area contributed by atoms with Crippen molar-refractivity contribution in [3.63, 3.8) is 0 Å². The van der Waals surface area contributed by atoms with Crippen LogP contribution in [0.15, 0.2) is 54.1 Å². The van der Waals surface area contributed by atoms with Crippen molar-refractivity contribution in [1.29, 1.82) is 10.5 Å². The minimum Gasteiger partial charge on any atom is -0.309 e. The van der Waals surface area contributed by atoms with E-state index in [0.717, 1.165) is 24.1 Å². The fraction of sp³-hybridized carbons (Fsp3) is 0.370. The predicted octanol–water partition coefficient (Wildman–Crippen LogP) is 3.23. The first-order valence-electron chi connectivity index (χ1n) is 11.6. The molecule has 1 aliphatic heterocycles. The van der Waals surface area contributed by atoms with Gasteiger partial charge in [0.1, 0.15) is 0 Å².